The summed E-state index contributed by atoms with van der Waals surface area (Å²) in [5.41, 5.74) is -0.201. The Bertz CT molecular complexity index is 1590. The average molecular weight is 605 g/mol. The van der Waals surface area contributed by atoms with E-state index in [4.69, 9.17) is 9.47 Å². The number of amides is 2. The van der Waals surface area contributed by atoms with Crippen LogP contribution in [0.15, 0.2) is 115 Å². The lowest BCUT2D eigenvalue weighted by molar-refractivity contribution is -0.143. The molecule has 0 fully saturated rings. The Kier molecular flexibility index (Phi) is 10.5. The molecule has 4 aromatic carbocycles. The van der Waals surface area contributed by atoms with Crippen molar-refractivity contribution in [2.75, 3.05) is 6.61 Å². The fourth-order valence-corrected chi connectivity index (χ4v) is 3.87. The summed E-state index contributed by atoms with van der Waals surface area (Å²) in [4.78, 5) is 38.1. The molecule has 0 aliphatic carbocycles. The highest BCUT2D eigenvalue weighted by Crippen LogP contribution is 2.29. The summed E-state index contributed by atoms with van der Waals surface area (Å²) in [5.74, 6) is -2.10. The second-order valence-electron chi connectivity index (χ2n) is 9.44. The van der Waals surface area contributed by atoms with Crippen molar-refractivity contribution < 1.29 is 42.1 Å². The van der Waals surface area contributed by atoms with Crippen molar-refractivity contribution in [3.63, 3.8) is 0 Å². The van der Waals surface area contributed by atoms with Gasteiger partial charge < -0.3 is 25.2 Å². The van der Waals surface area contributed by atoms with Crippen molar-refractivity contribution in [2.45, 2.75) is 18.8 Å². The van der Waals surface area contributed by atoms with Crippen LogP contribution >= 0.6 is 0 Å². The van der Waals surface area contributed by atoms with Crippen molar-refractivity contribution in [1.82, 2.24) is 10.6 Å². The van der Waals surface area contributed by atoms with Crippen LogP contribution in [0.5, 0.6) is 11.5 Å². The van der Waals surface area contributed by atoms with Gasteiger partial charge >= 0.3 is 12.1 Å². The molecule has 0 aliphatic heterocycles. The predicted octanol–water partition coefficient (Wildman–Crippen LogP) is 6.05. The van der Waals surface area contributed by atoms with Gasteiger partial charge in [0.25, 0.3) is 11.8 Å². The van der Waals surface area contributed by atoms with E-state index in [1.54, 1.807) is 60.7 Å². The summed E-state index contributed by atoms with van der Waals surface area (Å²) in [6.45, 7) is -0.271. The topological polar surface area (TPSA) is 114 Å². The van der Waals surface area contributed by atoms with Crippen LogP contribution in [0.2, 0.25) is 0 Å². The number of aliphatic carboxylic acids is 1. The van der Waals surface area contributed by atoms with E-state index in [0.717, 1.165) is 29.8 Å². The third kappa shape index (κ3) is 9.30. The molecule has 11 heteroatoms. The Balaban J connectivity index is 1.53. The van der Waals surface area contributed by atoms with Crippen LogP contribution in [0.1, 0.15) is 27.0 Å². The molecule has 0 spiro atoms. The first-order chi connectivity index (χ1) is 21.1. The average Bonchev–Trinajstić information content (AvgIpc) is 3.01. The van der Waals surface area contributed by atoms with Gasteiger partial charge in [-0.3, -0.25) is 9.59 Å². The van der Waals surface area contributed by atoms with Gasteiger partial charge in [0.15, 0.2) is 6.04 Å². The lowest BCUT2D eigenvalue weighted by Gasteiger charge is -2.17. The van der Waals surface area contributed by atoms with Gasteiger partial charge in [-0.15, -0.1) is 0 Å². The SMILES string of the molecule is O=C(NC(COCc1ccccc1)C(=O)O)C(=Cc1ccc(Oc2ccccc2)cc1)NC(=O)c1ccc(C(F)(F)F)cc1. The van der Waals surface area contributed by atoms with Gasteiger partial charge in [-0.2, -0.15) is 13.2 Å². The fourth-order valence-electron chi connectivity index (χ4n) is 3.87. The summed E-state index contributed by atoms with van der Waals surface area (Å²) >= 11 is 0. The smallest absolute Gasteiger partial charge is 0.416 e. The molecule has 0 bridgehead atoms. The molecule has 3 N–H and O–H groups in total. The number of hydrogen-bond acceptors (Lipinski definition) is 5. The number of hydrogen-bond donors (Lipinski definition) is 3. The zero-order valence-electron chi connectivity index (χ0n) is 23.1. The number of alkyl halides is 3. The van der Waals surface area contributed by atoms with E-state index in [-0.39, 0.29) is 24.5 Å². The fraction of sp³-hybridized carbons (Fsp3) is 0.121. The molecule has 0 aliphatic rings. The molecule has 0 aromatic heterocycles. The highest BCUT2D eigenvalue weighted by atomic mass is 19.4. The Morgan fingerprint density at radius 1 is 0.795 bits per heavy atom. The minimum Gasteiger partial charge on any atom is -0.480 e. The van der Waals surface area contributed by atoms with Gasteiger partial charge in [-0.25, -0.2) is 4.79 Å². The van der Waals surface area contributed by atoms with Crippen LogP contribution in [0, 0.1) is 0 Å². The molecule has 8 nitrogen and oxygen atoms in total. The van der Waals surface area contributed by atoms with E-state index in [0.29, 0.717) is 17.1 Å². The van der Waals surface area contributed by atoms with Gasteiger partial charge in [0.05, 0.1) is 18.8 Å². The molecular formula is C33H27F3N2O6. The number of halogens is 3. The minimum atomic E-state index is -4.59. The van der Waals surface area contributed by atoms with Gasteiger partial charge in [0.2, 0.25) is 0 Å². The van der Waals surface area contributed by atoms with Crippen molar-refractivity contribution in [1.29, 1.82) is 0 Å². The molecular weight excluding hydrogens is 577 g/mol. The molecule has 44 heavy (non-hydrogen) atoms. The Morgan fingerprint density at radius 3 is 1.98 bits per heavy atom. The van der Waals surface area contributed by atoms with E-state index in [1.807, 2.05) is 24.3 Å². The number of carbonyl (C=O) groups excluding carboxylic acids is 2. The lowest BCUT2D eigenvalue weighted by Crippen LogP contribution is -2.46. The van der Waals surface area contributed by atoms with Crippen LogP contribution in [-0.4, -0.2) is 35.5 Å². The Morgan fingerprint density at radius 2 is 1.39 bits per heavy atom. The van der Waals surface area contributed by atoms with E-state index >= 15 is 0 Å². The number of benzene rings is 4. The second kappa shape index (κ2) is 14.7. The molecule has 0 radical (unpaired) electrons. The van der Waals surface area contributed by atoms with Crippen LogP contribution in [0.4, 0.5) is 13.2 Å². The lowest BCUT2D eigenvalue weighted by atomic mass is 10.1. The monoisotopic (exact) mass is 604 g/mol. The first-order valence-corrected chi connectivity index (χ1v) is 13.3. The number of carbonyl (C=O) groups is 3. The van der Waals surface area contributed by atoms with Gasteiger partial charge in [0.1, 0.15) is 17.2 Å². The van der Waals surface area contributed by atoms with Crippen LogP contribution in [0.3, 0.4) is 0 Å². The van der Waals surface area contributed by atoms with Crippen LogP contribution in [0.25, 0.3) is 6.08 Å². The van der Waals surface area contributed by atoms with Crippen molar-refractivity contribution in [3.8, 4) is 11.5 Å². The largest absolute Gasteiger partial charge is 0.480 e. The molecule has 2 amide bonds. The standard InChI is InChI=1S/C33H27F3N2O6/c34-33(35,36)25-15-13-24(14-16-25)30(39)37-28(19-22-11-17-27(18-12-22)44-26-9-5-2-6-10-26)31(40)38-29(32(41)42)21-43-20-23-7-3-1-4-8-23/h1-19,29H,20-21H2,(H,37,39)(H,38,40)(H,41,42). The molecule has 4 aromatic rings. The maximum atomic E-state index is 13.3. The maximum Gasteiger partial charge on any atom is 0.416 e. The summed E-state index contributed by atoms with van der Waals surface area (Å²) in [7, 11) is 0. The van der Waals surface area contributed by atoms with Crippen molar-refractivity contribution >= 4 is 23.9 Å². The highest BCUT2D eigenvalue weighted by molar-refractivity contribution is 6.06. The molecule has 0 saturated carbocycles. The number of rotatable bonds is 12. The number of carboxylic acids is 1. The predicted molar refractivity (Wildman–Crippen MR) is 156 cm³/mol. The molecule has 0 heterocycles. The third-order valence-corrected chi connectivity index (χ3v) is 6.14. The van der Waals surface area contributed by atoms with E-state index in [9.17, 15) is 32.7 Å². The summed E-state index contributed by atoms with van der Waals surface area (Å²) in [6.07, 6.45) is -3.29. The highest BCUT2D eigenvalue weighted by Gasteiger charge is 2.30. The maximum absolute atomic E-state index is 13.3. The third-order valence-electron chi connectivity index (χ3n) is 6.14. The number of carboxylic acid groups (broad SMARTS) is 1. The molecule has 1 unspecified atom stereocenters. The van der Waals surface area contributed by atoms with E-state index in [1.165, 1.54) is 6.08 Å². The zero-order chi connectivity index (χ0) is 31.5. The second-order valence-corrected chi connectivity index (χ2v) is 9.44. The van der Waals surface area contributed by atoms with Crippen molar-refractivity contribution in [3.05, 3.63) is 137 Å². The van der Waals surface area contributed by atoms with Crippen molar-refractivity contribution in [2.24, 2.45) is 0 Å². The zero-order valence-corrected chi connectivity index (χ0v) is 23.1. The number of ether oxygens (including phenoxy) is 2. The summed E-state index contributed by atoms with van der Waals surface area (Å²) in [6, 6.07) is 26.4. The Hall–Kier alpha value is -5.42. The summed E-state index contributed by atoms with van der Waals surface area (Å²) < 4.78 is 50.2. The Labute approximate surface area is 250 Å². The first kappa shape index (κ1) is 31.5. The normalized spacial score (nSPS) is 12.2. The molecule has 1 atom stereocenters. The number of para-hydroxylation sites is 1. The van der Waals surface area contributed by atoms with E-state index < -0.39 is 35.6 Å². The molecule has 226 valence electrons. The number of nitrogens with one attached hydrogen (secondary N) is 2. The van der Waals surface area contributed by atoms with Gasteiger partial charge in [-0.05, 0) is 65.7 Å². The molecule has 4 rings (SSSR count). The summed E-state index contributed by atoms with van der Waals surface area (Å²) in [5, 5.41) is 14.4. The molecule has 0 saturated heterocycles. The quantitative estimate of drug-likeness (QED) is 0.170. The van der Waals surface area contributed by atoms with E-state index in [2.05, 4.69) is 10.6 Å². The minimum absolute atomic E-state index is 0.102. The van der Waals surface area contributed by atoms with Crippen LogP contribution in [-0.2, 0) is 27.1 Å². The van der Waals surface area contributed by atoms with Crippen LogP contribution < -0.4 is 15.4 Å². The van der Waals surface area contributed by atoms with Gasteiger partial charge in [-0.1, -0.05) is 60.7 Å². The first-order valence-electron chi connectivity index (χ1n) is 13.3. The van der Waals surface area contributed by atoms with Gasteiger partial charge in [0, 0.05) is 5.56 Å².